The van der Waals surface area contributed by atoms with Crippen molar-refractivity contribution in [2.75, 3.05) is 0 Å². The van der Waals surface area contributed by atoms with Gasteiger partial charge in [0.15, 0.2) is 0 Å². The molecule has 0 spiro atoms. The maximum absolute atomic E-state index is 4.50. The van der Waals surface area contributed by atoms with E-state index in [0.29, 0.717) is 0 Å². The third-order valence-electron chi connectivity index (χ3n) is 4.42. The van der Waals surface area contributed by atoms with Gasteiger partial charge >= 0.3 is 0 Å². The smallest absolute Gasteiger partial charge is 0.134 e. The van der Waals surface area contributed by atoms with E-state index in [2.05, 4.69) is 101 Å². The molecule has 0 fully saturated rings. The zero-order chi connectivity index (χ0) is 20.4. The first-order valence-corrected chi connectivity index (χ1v) is 12.7. The van der Waals surface area contributed by atoms with Gasteiger partial charge in [-0.05, 0) is 16.7 Å². The largest absolute Gasteiger partial charge is 0.157 e. The maximum atomic E-state index is 4.50. The first kappa shape index (κ1) is 21.0. The van der Waals surface area contributed by atoms with E-state index >= 15 is 0 Å². The van der Waals surface area contributed by atoms with Crippen molar-refractivity contribution in [2.24, 2.45) is 0 Å². The number of thioether (sulfide) groups is 3. The van der Waals surface area contributed by atoms with E-state index in [1.807, 2.05) is 29.7 Å². The summed E-state index contributed by atoms with van der Waals surface area (Å²) >= 11 is 5.45. The van der Waals surface area contributed by atoms with Gasteiger partial charge < -0.3 is 0 Å². The summed E-state index contributed by atoms with van der Waals surface area (Å²) < 4.78 is 0. The van der Waals surface area contributed by atoms with Gasteiger partial charge in [0.05, 0.1) is 11.1 Å². The maximum Gasteiger partial charge on any atom is 0.134 e. The second-order valence-electron chi connectivity index (χ2n) is 6.67. The predicted molar refractivity (Wildman–Crippen MR) is 130 cm³/mol. The Labute approximate surface area is 190 Å². The van der Waals surface area contributed by atoms with Crippen LogP contribution in [0.25, 0.3) is 0 Å². The molecule has 4 rings (SSSR count). The van der Waals surface area contributed by atoms with Crippen LogP contribution in [0.5, 0.6) is 0 Å². The Morgan fingerprint density at radius 1 is 0.533 bits per heavy atom. The molecule has 5 heteroatoms. The van der Waals surface area contributed by atoms with E-state index in [0.717, 1.165) is 22.3 Å². The summed E-state index contributed by atoms with van der Waals surface area (Å²) in [6, 6.07) is 31.7. The molecule has 0 amide bonds. The van der Waals surface area contributed by atoms with Gasteiger partial charge in [-0.15, -0.1) is 28.6 Å². The minimum Gasteiger partial charge on any atom is -0.157 e. The lowest BCUT2D eigenvalue weighted by Gasteiger charge is -2.12. The van der Waals surface area contributed by atoms with E-state index in [9.17, 15) is 0 Å². The van der Waals surface area contributed by atoms with Gasteiger partial charge in [-0.3, -0.25) is 0 Å². The molecule has 3 aromatic carbocycles. The molecule has 0 saturated heterocycles. The number of aromatic nitrogens is 2. The average Bonchev–Trinajstić information content (AvgIpc) is 2.82. The minimum atomic E-state index is 0.890. The third kappa shape index (κ3) is 6.14. The van der Waals surface area contributed by atoms with Crippen LogP contribution in [0.1, 0.15) is 16.7 Å². The van der Waals surface area contributed by atoms with Crippen LogP contribution in [-0.2, 0) is 17.3 Å². The number of hydrogen-bond donors (Lipinski definition) is 0. The molecule has 0 unspecified atom stereocenters. The topological polar surface area (TPSA) is 25.8 Å². The Morgan fingerprint density at radius 3 is 1.53 bits per heavy atom. The van der Waals surface area contributed by atoms with Crippen LogP contribution in [0.2, 0.25) is 0 Å². The van der Waals surface area contributed by atoms with Crippen molar-refractivity contribution in [1.29, 1.82) is 0 Å². The van der Waals surface area contributed by atoms with Crippen LogP contribution >= 0.6 is 35.3 Å². The van der Waals surface area contributed by atoms with Crippen molar-refractivity contribution in [1.82, 2.24) is 10.2 Å². The zero-order valence-electron chi connectivity index (χ0n) is 16.5. The summed E-state index contributed by atoms with van der Waals surface area (Å²) in [5.41, 5.74) is 3.93. The quantitative estimate of drug-likeness (QED) is 0.250. The number of nitrogens with zero attached hydrogens (tertiary/aromatic N) is 2. The SMILES string of the molecule is c1ccc(CSc2cnnc(SCc3ccccc3)c2SCc2ccccc2)cc1. The Morgan fingerprint density at radius 2 is 1.00 bits per heavy atom. The molecule has 4 aromatic rings. The Hall–Kier alpha value is -2.21. The average molecular weight is 447 g/mol. The number of rotatable bonds is 9. The molecular formula is C25H22N2S3. The van der Waals surface area contributed by atoms with E-state index in [1.54, 1.807) is 11.8 Å². The molecule has 150 valence electrons. The van der Waals surface area contributed by atoms with Crippen molar-refractivity contribution in [3.8, 4) is 0 Å². The fraction of sp³-hybridized carbons (Fsp3) is 0.120. The van der Waals surface area contributed by atoms with Gasteiger partial charge in [0, 0.05) is 22.2 Å². The molecule has 0 N–H and O–H groups in total. The highest BCUT2D eigenvalue weighted by Crippen LogP contribution is 2.40. The molecule has 1 heterocycles. The first-order valence-electron chi connectivity index (χ1n) is 9.74. The third-order valence-corrected chi connectivity index (χ3v) is 8.00. The lowest BCUT2D eigenvalue weighted by Crippen LogP contribution is -1.94. The second kappa shape index (κ2) is 11.3. The van der Waals surface area contributed by atoms with Crippen LogP contribution < -0.4 is 0 Å². The Kier molecular flexibility index (Phi) is 7.89. The summed E-state index contributed by atoms with van der Waals surface area (Å²) in [6.07, 6.45) is 1.91. The molecule has 0 aliphatic carbocycles. The van der Waals surface area contributed by atoms with Crippen molar-refractivity contribution >= 4 is 35.3 Å². The highest BCUT2D eigenvalue weighted by atomic mass is 32.2. The molecular weight excluding hydrogens is 424 g/mol. The van der Waals surface area contributed by atoms with Crippen molar-refractivity contribution in [2.45, 2.75) is 32.1 Å². The standard InChI is InChI=1S/C25H22N2S3/c1-4-10-20(11-5-1)17-28-23-16-26-27-25(30-19-22-14-8-3-9-15-22)24(23)29-18-21-12-6-2-7-13-21/h1-16H,17-19H2. The van der Waals surface area contributed by atoms with Gasteiger partial charge in [0.1, 0.15) is 5.03 Å². The molecule has 0 radical (unpaired) electrons. The van der Waals surface area contributed by atoms with Crippen molar-refractivity contribution < 1.29 is 0 Å². The van der Waals surface area contributed by atoms with Gasteiger partial charge in [-0.2, -0.15) is 5.10 Å². The highest BCUT2D eigenvalue weighted by Gasteiger charge is 2.14. The van der Waals surface area contributed by atoms with E-state index in [4.69, 9.17) is 0 Å². The normalized spacial score (nSPS) is 10.8. The summed E-state index contributed by atoms with van der Waals surface area (Å²) in [4.78, 5) is 2.43. The van der Waals surface area contributed by atoms with Crippen LogP contribution in [0.15, 0.2) is 112 Å². The second-order valence-corrected chi connectivity index (χ2v) is 9.63. The van der Waals surface area contributed by atoms with Gasteiger partial charge in [0.2, 0.25) is 0 Å². The number of hydrogen-bond acceptors (Lipinski definition) is 5. The van der Waals surface area contributed by atoms with Crippen molar-refractivity contribution in [3.05, 3.63) is 114 Å². The minimum absolute atomic E-state index is 0.890. The van der Waals surface area contributed by atoms with E-state index < -0.39 is 0 Å². The summed E-state index contributed by atoms with van der Waals surface area (Å²) in [5, 5.41) is 9.83. The molecule has 2 nitrogen and oxygen atoms in total. The lowest BCUT2D eigenvalue weighted by molar-refractivity contribution is 0.831. The van der Waals surface area contributed by atoms with Gasteiger partial charge in [0.25, 0.3) is 0 Å². The van der Waals surface area contributed by atoms with Crippen LogP contribution in [0, 0.1) is 0 Å². The predicted octanol–water partition coefficient (Wildman–Crippen LogP) is 7.35. The molecule has 0 aliphatic heterocycles. The van der Waals surface area contributed by atoms with Gasteiger partial charge in [-0.1, -0.05) is 103 Å². The van der Waals surface area contributed by atoms with Crippen molar-refractivity contribution in [3.63, 3.8) is 0 Å². The summed E-state index contributed by atoms with van der Waals surface area (Å²) in [6.45, 7) is 0. The van der Waals surface area contributed by atoms with E-state index in [1.165, 1.54) is 26.5 Å². The summed E-state index contributed by atoms with van der Waals surface area (Å²) in [5.74, 6) is 2.74. The zero-order valence-corrected chi connectivity index (χ0v) is 18.9. The molecule has 0 bridgehead atoms. The Bertz CT molecular complexity index is 980. The van der Waals surface area contributed by atoms with Crippen LogP contribution in [0.3, 0.4) is 0 Å². The molecule has 30 heavy (non-hydrogen) atoms. The first-order chi connectivity index (χ1) is 14.9. The van der Waals surface area contributed by atoms with Crippen LogP contribution in [-0.4, -0.2) is 10.2 Å². The van der Waals surface area contributed by atoms with Crippen LogP contribution in [0.4, 0.5) is 0 Å². The lowest BCUT2D eigenvalue weighted by atomic mass is 10.2. The molecule has 0 aliphatic rings. The Balaban J connectivity index is 1.54. The fourth-order valence-electron chi connectivity index (χ4n) is 2.86. The van der Waals surface area contributed by atoms with Gasteiger partial charge in [-0.25, -0.2) is 0 Å². The van der Waals surface area contributed by atoms with E-state index in [-0.39, 0.29) is 0 Å². The molecule has 1 aromatic heterocycles. The summed E-state index contributed by atoms with van der Waals surface area (Å²) in [7, 11) is 0. The molecule has 0 atom stereocenters. The fourth-order valence-corrected chi connectivity index (χ4v) is 6.20. The monoisotopic (exact) mass is 446 g/mol. The highest BCUT2D eigenvalue weighted by molar-refractivity contribution is 8.03. The number of benzene rings is 3. The molecule has 0 saturated carbocycles.